The number of rotatable bonds is 3. The Labute approximate surface area is 122 Å². The molecule has 0 unspecified atom stereocenters. The highest BCUT2D eigenvalue weighted by atomic mass is 35.5. The van der Waals surface area contributed by atoms with Crippen LogP contribution in [0.25, 0.3) is 10.9 Å². The lowest BCUT2D eigenvalue weighted by Gasteiger charge is -2.10. The monoisotopic (exact) mass is 307 g/mol. The van der Waals surface area contributed by atoms with Crippen LogP contribution in [0.4, 0.5) is 0 Å². The molecule has 0 amide bonds. The van der Waals surface area contributed by atoms with E-state index in [4.69, 9.17) is 11.6 Å². The Morgan fingerprint density at radius 1 is 1.30 bits per heavy atom. The molecule has 0 aliphatic carbocycles. The Morgan fingerprint density at radius 3 is 2.80 bits per heavy atom. The van der Waals surface area contributed by atoms with E-state index in [9.17, 15) is 9.59 Å². The van der Waals surface area contributed by atoms with Gasteiger partial charge in [0.1, 0.15) is 5.82 Å². The van der Waals surface area contributed by atoms with E-state index >= 15 is 0 Å². The lowest BCUT2D eigenvalue weighted by atomic mass is 10.2. The van der Waals surface area contributed by atoms with Crippen molar-refractivity contribution in [2.45, 2.75) is 12.4 Å². The van der Waals surface area contributed by atoms with Crippen molar-refractivity contribution in [3.8, 4) is 0 Å². The van der Waals surface area contributed by atoms with Crippen LogP contribution in [0.1, 0.15) is 11.5 Å². The molecule has 0 saturated heterocycles. The van der Waals surface area contributed by atoms with E-state index in [1.54, 1.807) is 23.6 Å². The predicted molar refractivity (Wildman–Crippen MR) is 79.6 cm³/mol. The van der Waals surface area contributed by atoms with Crippen LogP contribution in [0.3, 0.4) is 0 Å². The van der Waals surface area contributed by atoms with E-state index in [0.29, 0.717) is 22.4 Å². The maximum absolute atomic E-state index is 12.5. The van der Waals surface area contributed by atoms with Gasteiger partial charge in [-0.2, -0.15) is 0 Å². The van der Waals surface area contributed by atoms with Crippen molar-refractivity contribution in [3.05, 3.63) is 61.2 Å². The number of aromatic nitrogens is 3. The molecular weight excluding hydrogens is 298 g/mol. The number of hydrogen-bond donors (Lipinski definition) is 1. The minimum atomic E-state index is -0.154. The lowest BCUT2D eigenvalue weighted by molar-refractivity contribution is 0.694. The van der Waals surface area contributed by atoms with E-state index < -0.39 is 0 Å². The standard InChI is InChI=1S/C13H10ClN3O2S/c14-5-11-16-10-4-2-1-3-9(10)12(18)17(11)6-8-7-20-13(19)15-8/h1-4,7H,5-6H2,(H,15,19). The molecular formula is C13H10ClN3O2S. The number of fused-ring (bicyclic) bond motifs is 1. The van der Waals surface area contributed by atoms with Gasteiger partial charge in [0, 0.05) is 11.1 Å². The van der Waals surface area contributed by atoms with E-state index in [-0.39, 0.29) is 22.9 Å². The van der Waals surface area contributed by atoms with Gasteiger partial charge in [0.05, 0.1) is 23.3 Å². The second kappa shape index (κ2) is 5.22. The van der Waals surface area contributed by atoms with Gasteiger partial charge in [-0.25, -0.2) is 4.98 Å². The van der Waals surface area contributed by atoms with Crippen LogP contribution < -0.4 is 10.4 Å². The average molecular weight is 308 g/mol. The molecule has 7 heteroatoms. The van der Waals surface area contributed by atoms with Gasteiger partial charge in [-0.3, -0.25) is 14.2 Å². The molecule has 3 rings (SSSR count). The molecule has 0 radical (unpaired) electrons. The van der Waals surface area contributed by atoms with Gasteiger partial charge in [-0.05, 0) is 12.1 Å². The van der Waals surface area contributed by atoms with E-state index in [1.165, 1.54) is 4.57 Å². The molecule has 0 saturated carbocycles. The second-order valence-corrected chi connectivity index (χ2v) is 5.35. The van der Waals surface area contributed by atoms with Gasteiger partial charge in [0.25, 0.3) is 5.56 Å². The number of H-pyrrole nitrogens is 1. The Morgan fingerprint density at radius 2 is 2.10 bits per heavy atom. The Hall–Kier alpha value is -1.92. The summed E-state index contributed by atoms with van der Waals surface area (Å²) in [7, 11) is 0. The number of para-hydroxylation sites is 1. The summed E-state index contributed by atoms with van der Waals surface area (Å²) in [4.78, 5) is 30.6. The van der Waals surface area contributed by atoms with Crippen molar-refractivity contribution < 1.29 is 0 Å². The Bertz CT molecular complexity index is 881. The van der Waals surface area contributed by atoms with Crippen molar-refractivity contribution in [3.63, 3.8) is 0 Å². The first-order valence-corrected chi connectivity index (χ1v) is 7.31. The quantitative estimate of drug-likeness (QED) is 0.752. The first-order chi connectivity index (χ1) is 9.69. The summed E-state index contributed by atoms with van der Waals surface area (Å²) in [6.07, 6.45) is 0. The van der Waals surface area contributed by atoms with Crippen LogP contribution in [-0.2, 0) is 12.4 Å². The highest BCUT2D eigenvalue weighted by molar-refractivity contribution is 7.07. The fourth-order valence-electron chi connectivity index (χ4n) is 2.04. The summed E-state index contributed by atoms with van der Waals surface area (Å²) in [6, 6.07) is 7.13. The molecule has 0 aliphatic heterocycles. The summed E-state index contributed by atoms with van der Waals surface area (Å²) in [5, 5.41) is 2.24. The van der Waals surface area contributed by atoms with Gasteiger partial charge in [-0.1, -0.05) is 23.5 Å². The normalized spacial score (nSPS) is 11.1. The number of nitrogens with zero attached hydrogens (tertiary/aromatic N) is 2. The van der Waals surface area contributed by atoms with Crippen molar-refractivity contribution in [2.24, 2.45) is 0 Å². The van der Waals surface area contributed by atoms with Gasteiger partial charge >= 0.3 is 4.87 Å². The molecule has 1 N–H and O–H groups in total. The maximum Gasteiger partial charge on any atom is 0.304 e. The SMILES string of the molecule is O=c1[nH]c(Cn2c(CCl)nc3ccccc3c2=O)cs1. The largest absolute Gasteiger partial charge is 0.315 e. The molecule has 0 spiro atoms. The smallest absolute Gasteiger partial charge is 0.304 e. The van der Waals surface area contributed by atoms with Crippen LogP contribution in [0.5, 0.6) is 0 Å². The number of nitrogens with one attached hydrogen (secondary N) is 1. The molecule has 0 fully saturated rings. The van der Waals surface area contributed by atoms with Crippen molar-refractivity contribution in [1.29, 1.82) is 0 Å². The third kappa shape index (κ3) is 2.28. The van der Waals surface area contributed by atoms with E-state index in [0.717, 1.165) is 11.3 Å². The predicted octanol–water partition coefficient (Wildman–Crippen LogP) is 1.93. The molecule has 0 aliphatic rings. The third-order valence-electron chi connectivity index (χ3n) is 2.96. The van der Waals surface area contributed by atoms with Crippen LogP contribution in [0, 0.1) is 0 Å². The number of alkyl halides is 1. The zero-order chi connectivity index (χ0) is 14.1. The number of halogens is 1. The summed E-state index contributed by atoms with van der Waals surface area (Å²) in [5.41, 5.74) is 1.15. The summed E-state index contributed by atoms with van der Waals surface area (Å²) < 4.78 is 1.49. The topological polar surface area (TPSA) is 67.8 Å². The molecule has 5 nitrogen and oxygen atoms in total. The zero-order valence-corrected chi connectivity index (χ0v) is 11.9. The third-order valence-corrected chi connectivity index (χ3v) is 3.92. The van der Waals surface area contributed by atoms with Gasteiger partial charge in [0.15, 0.2) is 0 Å². The molecule has 20 heavy (non-hydrogen) atoms. The summed E-state index contributed by atoms with van der Waals surface area (Å²) in [6.45, 7) is 0.261. The number of hydrogen-bond acceptors (Lipinski definition) is 4. The van der Waals surface area contributed by atoms with Gasteiger partial charge in [-0.15, -0.1) is 11.6 Å². The van der Waals surface area contributed by atoms with Crippen LogP contribution in [-0.4, -0.2) is 14.5 Å². The molecule has 102 valence electrons. The highest BCUT2D eigenvalue weighted by Gasteiger charge is 2.11. The zero-order valence-electron chi connectivity index (χ0n) is 10.3. The minimum Gasteiger partial charge on any atom is -0.315 e. The molecule has 0 atom stereocenters. The first kappa shape index (κ1) is 13.1. The number of benzene rings is 1. The van der Waals surface area contributed by atoms with Crippen molar-refractivity contribution >= 4 is 33.8 Å². The fraction of sp³-hybridized carbons (Fsp3) is 0.154. The van der Waals surface area contributed by atoms with Crippen LogP contribution in [0.2, 0.25) is 0 Å². The van der Waals surface area contributed by atoms with Crippen molar-refractivity contribution in [1.82, 2.24) is 14.5 Å². The Balaban J connectivity index is 2.20. The Kier molecular flexibility index (Phi) is 3.42. The fourth-order valence-corrected chi connectivity index (χ4v) is 2.82. The summed E-state index contributed by atoms with van der Waals surface area (Å²) in [5.74, 6) is 0.622. The second-order valence-electron chi connectivity index (χ2n) is 4.24. The molecule has 2 heterocycles. The minimum absolute atomic E-state index is 0.133. The van der Waals surface area contributed by atoms with Gasteiger partial charge < -0.3 is 4.98 Å². The summed E-state index contributed by atoms with van der Waals surface area (Å²) >= 11 is 6.95. The number of aromatic amines is 1. The molecule has 2 aromatic heterocycles. The molecule has 3 aromatic rings. The van der Waals surface area contributed by atoms with Gasteiger partial charge in [0.2, 0.25) is 0 Å². The van der Waals surface area contributed by atoms with Crippen LogP contribution >= 0.6 is 22.9 Å². The maximum atomic E-state index is 12.5. The lowest BCUT2D eigenvalue weighted by Crippen LogP contribution is -2.25. The number of thiazole rings is 1. The van der Waals surface area contributed by atoms with E-state index in [1.807, 2.05) is 6.07 Å². The highest BCUT2D eigenvalue weighted by Crippen LogP contribution is 2.10. The molecule has 0 bridgehead atoms. The van der Waals surface area contributed by atoms with E-state index in [2.05, 4.69) is 9.97 Å². The first-order valence-electron chi connectivity index (χ1n) is 5.90. The average Bonchev–Trinajstić information content (AvgIpc) is 2.87. The molecule has 1 aromatic carbocycles. The van der Waals surface area contributed by atoms with Crippen LogP contribution in [0.15, 0.2) is 39.2 Å². The van der Waals surface area contributed by atoms with Crippen molar-refractivity contribution in [2.75, 3.05) is 0 Å².